The normalized spacial score (nSPS) is 33.4. The summed E-state index contributed by atoms with van der Waals surface area (Å²) in [6.07, 6.45) is 8.66. The fourth-order valence-corrected chi connectivity index (χ4v) is 5.18. The number of methoxy groups -OCH3 is 2. The SMILES string of the molecule is C#CCO[C@]12OCC[C@@H]3[C@@H](CCCC)[C@H](C1=O)C(C(=O)OC)=C(C(=O)OC)[C@@H]32. The third kappa shape index (κ3) is 2.87. The fourth-order valence-electron chi connectivity index (χ4n) is 5.18. The summed E-state index contributed by atoms with van der Waals surface area (Å²) in [5.74, 6) is -2.67. The van der Waals surface area contributed by atoms with Gasteiger partial charge in [0.15, 0.2) is 0 Å². The second-order valence-corrected chi connectivity index (χ2v) is 7.40. The third-order valence-corrected chi connectivity index (χ3v) is 6.19. The van der Waals surface area contributed by atoms with Gasteiger partial charge in [0.2, 0.25) is 11.6 Å². The molecule has 1 aliphatic heterocycles. The zero-order chi connectivity index (χ0) is 20.5. The standard InChI is InChI=1S/C21H26O7/c1-5-7-8-12-13-9-11-28-21(27-10-6-2)17(13)16(20(24)26-4)15(19(23)25-3)14(12)18(21)22/h2,12-14,17H,5,7-11H2,1,3-4H3/t12-,13-,14+,17-,21-/m1/s1. The molecule has 5 atom stereocenters. The molecule has 28 heavy (non-hydrogen) atoms. The second kappa shape index (κ2) is 8.06. The van der Waals surface area contributed by atoms with E-state index in [9.17, 15) is 14.4 Å². The molecule has 0 amide bonds. The van der Waals surface area contributed by atoms with Crippen LogP contribution >= 0.6 is 0 Å². The number of rotatable bonds is 7. The predicted octanol–water partition coefficient (Wildman–Crippen LogP) is 1.65. The van der Waals surface area contributed by atoms with E-state index in [0.717, 1.165) is 19.3 Å². The van der Waals surface area contributed by atoms with Crippen molar-refractivity contribution >= 4 is 17.7 Å². The van der Waals surface area contributed by atoms with Gasteiger partial charge in [-0.25, -0.2) is 9.59 Å². The number of esters is 2. The predicted molar refractivity (Wildman–Crippen MR) is 97.6 cm³/mol. The molecule has 0 aromatic heterocycles. The molecule has 152 valence electrons. The lowest BCUT2D eigenvalue weighted by atomic mass is 9.50. The number of carbonyl (C=O) groups excluding carboxylic acids is 3. The Morgan fingerprint density at radius 2 is 1.93 bits per heavy atom. The second-order valence-electron chi connectivity index (χ2n) is 7.40. The Bertz CT molecular complexity index is 746. The van der Waals surface area contributed by atoms with Gasteiger partial charge in [-0.05, 0) is 24.7 Å². The fraction of sp³-hybridized carbons (Fsp3) is 0.667. The van der Waals surface area contributed by atoms with Crippen LogP contribution in [0, 0.1) is 36.0 Å². The van der Waals surface area contributed by atoms with Gasteiger partial charge in [0, 0.05) is 0 Å². The summed E-state index contributed by atoms with van der Waals surface area (Å²) in [5, 5.41) is 0. The van der Waals surface area contributed by atoms with E-state index < -0.39 is 29.6 Å². The van der Waals surface area contributed by atoms with Gasteiger partial charge in [0.25, 0.3) is 0 Å². The molecule has 3 aliphatic carbocycles. The highest BCUT2D eigenvalue weighted by Crippen LogP contribution is 2.60. The lowest BCUT2D eigenvalue weighted by molar-refractivity contribution is -0.290. The van der Waals surface area contributed by atoms with Crippen LogP contribution < -0.4 is 0 Å². The van der Waals surface area contributed by atoms with Gasteiger partial charge in [0.1, 0.15) is 6.61 Å². The number of hydrogen-bond acceptors (Lipinski definition) is 7. The van der Waals surface area contributed by atoms with Gasteiger partial charge in [-0.3, -0.25) is 4.79 Å². The number of ketones is 1. The van der Waals surface area contributed by atoms with Crippen molar-refractivity contribution in [1.82, 2.24) is 0 Å². The molecule has 4 aliphatic rings. The highest BCUT2D eigenvalue weighted by Gasteiger charge is 2.70. The maximum Gasteiger partial charge on any atom is 0.335 e. The molecule has 1 heterocycles. The van der Waals surface area contributed by atoms with Crippen molar-refractivity contribution in [2.75, 3.05) is 27.4 Å². The minimum Gasteiger partial charge on any atom is -0.466 e. The van der Waals surface area contributed by atoms with E-state index in [4.69, 9.17) is 25.4 Å². The highest BCUT2D eigenvalue weighted by atomic mass is 16.7. The summed E-state index contributed by atoms with van der Waals surface area (Å²) >= 11 is 0. The van der Waals surface area contributed by atoms with E-state index in [-0.39, 0.29) is 35.4 Å². The first-order valence-corrected chi connectivity index (χ1v) is 9.64. The highest BCUT2D eigenvalue weighted by molar-refractivity contribution is 6.11. The maximum atomic E-state index is 13.6. The van der Waals surface area contributed by atoms with Crippen LogP contribution in [0.2, 0.25) is 0 Å². The Labute approximate surface area is 164 Å². The number of carbonyl (C=O) groups is 3. The molecule has 4 bridgehead atoms. The van der Waals surface area contributed by atoms with Crippen molar-refractivity contribution in [3.05, 3.63) is 11.1 Å². The van der Waals surface area contributed by atoms with Crippen LogP contribution in [-0.4, -0.2) is 50.9 Å². The number of terminal acetylenes is 1. The smallest absolute Gasteiger partial charge is 0.335 e. The summed E-state index contributed by atoms with van der Waals surface area (Å²) < 4.78 is 21.5. The molecule has 0 radical (unpaired) electrons. The van der Waals surface area contributed by atoms with Crippen LogP contribution in [-0.2, 0) is 33.3 Å². The minimum absolute atomic E-state index is 0.0386. The van der Waals surface area contributed by atoms with Crippen molar-refractivity contribution in [2.45, 2.75) is 38.4 Å². The van der Waals surface area contributed by atoms with E-state index >= 15 is 0 Å². The lowest BCUT2D eigenvalue weighted by Gasteiger charge is -2.58. The zero-order valence-corrected chi connectivity index (χ0v) is 16.5. The summed E-state index contributed by atoms with van der Waals surface area (Å²) in [4.78, 5) is 38.9. The van der Waals surface area contributed by atoms with Crippen molar-refractivity contribution in [2.24, 2.45) is 23.7 Å². The molecule has 0 N–H and O–H groups in total. The number of unbranched alkanes of at least 4 members (excludes halogenated alkanes) is 1. The van der Waals surface area contributed by atoms with Crippen LogP contribution in [0.15, 0.2) is 11.1 Å². The van der Waals surface area contributed by atoms with Crippen molar-refractivity contribution < 1.29 is 33.3 Å². The van der Waals surface area contributed by atoms with Gasteiger partial charge in [-0.15, -0.1) is 6.42 Å². The Morgan fingerprint density at radius 3 is 2.54 bits per heavy atom. The van der Waals surface area contributed by atoms with Gasteiger partial charge >= 0.3 is 11.9 Å². The quantitative estimate of drug-likeness (QED) is 0.482. The maximum absolute atomic E-state index is 13.6. The first kappa shape index (κ1) is 20.6. The molecule has 0 aromatic carbocycles. The Balaban J connectivity index is 2.22. The molecule has 1 saturated heterocycles. The number of hydrogen-bond donors (Lipinski definition) is 0. The van der Waals surface area contributed by atoms with E-state index in [1.807, 2.05) is 0 Å². The van der Waals surface area contributed by atoms with E-state index in [2.05, 4.69) is 12.8 Å². The molecule has 2 fully saturated rings. The van der Waals surface area contributed by atoms with Crippen LogP contribution in [0.3, 0.4) is 0 Å². The van der Waals surface area contributed by atoms with Crippen LogP contribution in [0.25, 0.3) is 0 Å². The van der Waals surface area contributed by atoms with E-state index in [1.54, 1.807) is 0 Å². The summed E-state index contributed by atoms with van der Waals surface area (Å²) in [7, 11) is 2.48. The third-order valence-electron chi connectivity index (χ3n) is 6.19. The van der Waals surface area contributed by atoms with Crippen LogP contribution in [0.5, 0.6) is 0 Å². The Kier molecular flexibility index (Phi) is 5.92. The van der Waals surface area contributed by atoms with Gasteiger partial charge in [-0.1, -0.05) is 25.7 Å². The Morgan fingerprint density at radius 1 is 1.25 bits per heavy atom. The molecule has 4 rings (SSSR count). The van der Waals surface area contributed by atoms with Crippen LogP contribution in [0.4, 0.5) is 0 Å². The van der Waals surface area contributed by atoms with Gasteiger partial charge in [-0.2, -0.15) is 0 Å². The first-order valence-electron chi connectivity index (χ1n) is 9.64. The average Bonchev–Trinajstić information content (AvgIpc) is 2.72. The van der Waals surface area contributed by atoms with Crippen LogP contribution in [0.1, 0.15) is 32.6 Å². The molecular weight excluding hydrogens is 364 g/mol. The number of Topliss-reactive ketones (excluding diaryl/α,β-unsaturated/α-hetero) is 1. The Hall–Kier alpha value is -2.17. The molecule has 0 aromatic rings. The molecule has 7 nitrogen and oxygen atoms in total. The minimum atomic E-state index is -1.65. The molecule has 0 spiro atoms. The zero-order valence-electron chi connectivity index (χ0n) is 16.5. The average molecular weight is 390 g/mol. The lowest BCUT2D eigenvalue weighted by Crippen LogP contribution is -2.69. The number of ether oxygens (including phenoxy) is 4. The monoisotopic (exact) mass is 390 g/mol. The summed E-state index contributed by atoms with van der Waals surface area (Å²) in [5.41, 5.74) is 0.223. The molecule has 7 heteroatoms. The van der Waals surface area contributed by atoms with E-state index in [1.165, 1.54) is 14.2 Å². The van der Waals surface area contributed by atoms with Crippen molar-refractivity contribution in [3.8, 4) is 12.3 Å². The molecule has 0 unspecified atom stereocenters. The first-order chi connectivity index (χ1) is 13.5. The topological polar surface area (TPSA) is 88.1 Å². The van der Waals surface area contributed by atoms with Crippen molar-refractivity contribution in [3.63, 3.8) is 0 Å². The van der Waals surface area contributed by atoms with Crippen molar-refractivity contribution in [1.29, 1.82) is 0 Å². The summed E-state index contributed by atoms with van der Waals surface area (Å²) in [6.45, 7) is 2.27. The summed E-state index contributed by atoms with van der Waals surface area (Å²) in [6, 6.07) is 0. The molecular formula is C21H26O7. The van der Waals surface area contributed by atoms with Gasteiger partial charge < -0.3 is 18.9 Å². The van der Waals surface area contributed by atoms with E-state index in [0.29, 0.717) is 13.0 Å². The largest absolute Gasteiger partial charge is 0.466 e. The molecule has 1 saturated carbocycles. The van der Waals surface area contributed by atoms with Gasteiger partial charge in [0.05, 0.1) is 43.8 Å².